The van der Waals surface area contributed by atoms with E-state index in [1.165, 1.54) is 30.3 Å². The zero-order chi connectivity index (χ0) is 18.1. The molecule has 2 N–H and O–H groups in total. The fourth-order valence-corrected chi connectivity index (χ4v) is 3.44. The van der Waals surface area contributed by atoms with Gasteiger partial charge < -0.3 is 5.32 Å². The third-order valence-electron chi connectivity index (χ3n) is 3.62. The van der Waals surface area contributed by atoms with E-state index in [1.54, 1.807) is 0 Å². The molecule has 0 aliphatic rings. The second-order valence-corrected chi connectivity index (χ2v) is 7.87. The highest BCUT2D eigenvalue weighted by Crippen LogP contribution is 2.25. The van der Waals surface area contributed by atoms with Crippen LogP contribution in [0.5, 0.6) is 0 Å². The lowest BCUT2D eigenvalue weighted by atomic mass is 10.1. The fourth-order valence-electron chi connectivity index (χ4n) is 2.06. The van der Waals surface area contributed by atoms with Crippen LogP contribution in [0, 0.1) is 20.8 Å². The Morgan fingerprint density at radius 3 is 2.08 bits per heavy atom. The quantitative estimate of drug-likeness (QED) is 0.818. The molecule has 0 aliphatic carbocycles. The number of carbonyl (C=O) groups is 1. The third kappa shape index (κ3) is 4.20. The van der Waals surface area contributed by atoms with Gasteiger partial charge in [-0.1, -0.05) is 23.2 Å². The average molecular weight is 387 g/mol. The smallest absolute Gasteiger partial charge is 0.307 e. The second-order valence-electron chi connectivity index (χ2n) is 5.37. The van der Waals surface area contributed by atoms with E-state index in [0.29, 0.717) is 10.7 Å². The molecule has 2 rings (SSSR count). The molecule has 0 spiro atoms. The van der Waals surface area contributed by atoms with Crippen LogP contribution in [0.1, 0.15) is 16.7 Å². The van der Waals surface area contributed by atoms with Crippen molar-refractivity contribution in [1.29, 1.82) is 0 Å². The van der Waals surface area contributed by atoms with Crippen molar-refractivity contribution in [2.24, 2.45) is 0 Å². The number of halogens is 2. The fraction of sp³-hybridized carbons (Fsp3) is 0.188. The van der Waals surface area contributed by atoms with Crippen LogP contribution in [0.4, 0.5) is 10.5 Å². The molecule has 0 aliphatic heterocycles. The van der Waals surface area contributed by atoms with Crippen molar-refractivity contribution in [3.8, 4) is 0 Å². The summed E-state index contributed by atoms with van der Waals surface area (Å²) >= 11 is 11.6. The number of anilines is 1. The lowest BCUT2D eigenvalue weighted by molar-refractivity contribution is 0.256. The predicted octanol–water partition coefficient (Wildman–Crippen LogP) is 4.43. The first kappa shape index (κ1) is 18.6. The van der Waals surface area contributed by atoms with Gasteiger partial charge in [0.1, 0.15) is 0 Å². The average Bonchev–Trinajstić information content (AvgIpc) is 2.47. The van der Waals surface area contributed by atoms with Crippen molar-refractivity contribution in [2.45, 2.75) is 25.7 Å². The van der Waals surface area contributed by atoms with Gasteiger partial charge in [-0.05, 0) is 67.8 Å². The molecular weight excluding hydrogens is 371 g/mol. The summed E-state index contributed by atoms with van der Waals surface area (Å²) in [5.74, 6) is 0. The van der Waals surface area contributed by atoms with Crippen molar-refractivity contribution >= 4 is 44.9 Å². The van der Waals surface area contributed by atoms with E-state index in [-0.39, 0.29) is 9.92 Å². The number of aryl methyl sites for hydroxylation is 2. The largest absolute Gasteiger partial charge is 0.333 e. The number of carbonyl (C=O) groups excluding carboxylic acids is 1. The Morgan fingerprint density at radius 2 is 1.54 bits per heavy atom. The van der Waals surface area contributed by atoms with Crippen LogP contribution in [-0.2, 0) is 10.0 Å². The van der Waals surface area contributed by atoms with Gasteiger partial charge >= 0.3 is 6.03 Å². The molecule has 0 radical (unpaired) electrons. The Kier molecular flexibility index (Phi) is 5.42. The number of benzene rings is 2. The van der Waals surface area contributed by atoms with Gasteiger partial charge in [0.2, 0.25) is 0 Å². The molecule has 24 heavy (non-hydrogen) atoms. The molecule has 5 nitrogen and oxygen atoms in total. The SMILES string of the molecule is Cc1cc(S(=O)(=O)NC(=O)Nc2ccc(Cl)c(Cl)c2)cc(C)c1C. The first-order chi connectivity index (χ1) is 11.1. The van der Waals surface area contributed by atoms with Crippen LogP contribution in [0.2, 0.25) is 10.0 Å². The van der Waals surface area contributed by atoms with Crippen molar-refractivity contribution in [3.05, 3.63) is 57.1 Å². The van der Waals surface area contributed by atoms with E-state index in [0.717, 1.165) is 16.7 Å². The number of rotatable bonds is 3. The van der Waals surface area contributed by atoms with Crippen molar-refractivity contribution < 1.29 is 13.2 Å². The van der Waals surface area contributed by atoms with Gasteiger partial charge in [0.25, 0.3) is 10.0 Å². The van der Waals surface area contributed by atoms with E-state index >= 15 is 0 Å². The predicted molar refractivity (Wildman–Crippen MR) is 96.5 cm³/mol. The molecule has 2 amide bonds. The molecule has 2 aromatic carbocycles. The minimum absolute atomic E-state index is 0.0346. The Labute approximate surface area is 151 Å². The summed E-state index contributed by atoms with van der Waals surface area (Å²) in [6.45, 7) is 5.54. The van der Waals surface area contributed by atoms with E-state index < -0.39 is 16.1 Å². The molecule has 0 bridgehead atoms. The van der Waals surface area contributed by atoms with Gasteiger partial charge in [0.05, 0.1) is 14.9 Å². The first-order valence-electron chi connectivity index (χ1n) is 6.97. The van der Waals surface area contributed by atoms with Gasteiger partial charge in [-0.3, -0.25) is 0 Å². The molecule has 0 heterocycles. The molecule has 0 atom stereocenters. The second kappa shape index (κ2) is 7.01. The summed E-state index contributed by atoms with van der Waals surface area (Å²) in [6.07, 6.45) is 0. The summed E-state index contributed by atoms with van der Waals surface area (Å²) < 4.78 is 26.7. The minimum Gasteiger partial charge on any atom is -0.307 e. The number of hydrogen-bond donors (Lipinski definition) is 2. The van der Waals surface area contributed by atoms with Crippen LogP contribution in [0.15, 0.2) is 35.2 Å². The highest BCUT2D eigenvalue weighted by atomic mass is 35.5. The summed E-state index contributed by atoms with van der Waals surface area (Å²) in [4.78, 5) is 12.0. The Bertz CT molecular complexity index is 889. The first-order valence-corrected chi connectivity index (χ1v) is 9.21. The number of amides is 2. The molecule has 0 aromatic heterocycles. The van der Waals surface area contributed by atoms with Crippen molar-refractivity contribution in [3.63, 3.8) is 0 Å². The Hall–Kier alpha value is -1.76. The maximum absolute atomic E-state index is 12.4. The lowest BCUT2D eigenvalue weighted by Gasteiger charge is -2.12. The lowest BCUT2D eigenvalue weighted by Crippen LogP contribution is -2.34. The van der Waals surface area contributed by atoms with E-state index in [9.17, 15) is 13.2 Å². The van der Waals surface area contributed by atoms with Crippen LogP contribution in [0.25, 0.3) is 0 Å². The number of sulfonamides is 1. The standard InChI is InChI=1S/C16H16Cl2N2O3S/c1-9-6-13(7-10(2)11(9)3)24(22,23)20-16(21)19-12-4-5-14(17)15(18)8-12/h4-8H,1-3H3,(H2,19,20,21). The molecule has 2 aromatic rings. The molecule has 0 saturated heterocycles. The Balaban J connectivity index is 2.19. The van der Waals surface area contributed by atoms with Crippen molar-refractivity contribution in [2.75, 3.05) is 5.32 Å². The van der Waals surface area contributed by atoms with Crippen molar-refractivity contribution in [1.82, 2.24) is 4.72 Å². The van der Waals surface area contributed by atoms with Gasteiger partial charge in [0, 0.05) is 5.69 Å². The number of nitrogens with one attached hydrogen (secondary N) is 2. The molecule has 0 saturated carbocycles. The van der Waals surface area contributed by atoms with Crippen LogP contribution in [-0.4, -0.2) is 14.4 Å². The van der Waals surface area contributed by atoms with E-state index in [2.05, 4.69) is 5.32 Å². The van der Waals surface area contributed by atoms with Gasteiger partial charge in [-0.15, -0.1) is 0 Å². The minimum atomic E-state index is -3.98. The molecule has 0 fully saturated rings. The topological polar surface area (TPSA) is 75.3 Å². The summed E-state index contributed by atoms with van der Waals surface area (Å²) in [7, 11) is -3.98. The molecular formula is C16H16Cl2N2O3S. The molecule has 128 valence electrons. The van der Waals surface area contributed by atoms with Crippen LogP contribution < -0.4 is 10.0 Å². The van der Waals surface area contributed by atoms with E-state index in [1.807, 2.05) is 25.5 Å². The number of urea groups is 1. The van der Waals surface area contributed by atoms with E-state index in [4.69, 9.17) is 23.2 Å². The summed E-state index contributed by atoms with van der Waals surface area (Å²) in [5, 5.41) is 2.99. The Morgan fingerprint density at radius 1 is 0.958 bits per heavy atom. The zero-order valence-corrected chi connectivity index (χ0v) is 15.6. The highest BCUT2D eigenvalue weighted by molar-refractivity contribution is 7.90. The summed E-state index contributed by atoms with van der Waals surface area (Å²) in [6, 6.07) is 6.61. The third-order valence-corrected chi connectivity index (χ3v) is 5.66. The molecule has 0 unspecified atom stereocenters. The highest BCUT2D eigenvalue weighted by Gasteiger charge is 2.19. The zero-order valence-electron chi connectivity index (χ0n) is 13.3. The van der Waals surface area contributed by atoms with Crippen LogP contribution >= 0.6 is 23.2 Å². The van der Waals surface area contributed by atoms with Gasteiger partial charge in [0.15, 0.2) is 0 Å². The molecule has 8 heteroatoms. The van der Waals surface area contributed by atoms with Crippen LogP contribution in [0.3, 0.4) is 0 Å². The van der Waals surface area contributed by atoms with Gasteiger partial charge in [-0.2, -0.15) is 0 Å². The maximum Gasteiger partial charge on any atom is 0.333 e. The van der Waals surface area contributed by atoms with Gasteiger partial charge in [-0.25, -0.2) is 17.9 Å². The monoisotopic (exact) mass is 386 g/mol. The maximum atomic E-state index is 12.4. The normalized spacial score (nSPS) is 11.2. The number of hydrogen-bond acceptors (Lipinski definition) is 3. The summed E-state index contributed by atoms with van der Waals surface area (Å²) in [5.41, 5.74) is 3.00.